The van der Waals surface area contributed by atoms with Crippen LogP contribution in [0.1, 0.15) is 30.1 Å². The van der Waals surface area contributed by atoms with Gasteiger partial charge in [0.05, 0.1) is 6.61 Å². The van der Waals surface area contributed by atoms with Gasteiger partial charge >= 0.3 is 0 Å². The van der Waals surface area contributed by atoms with E-state index in [-0.39, 0.29) is 6.10 Å². The number of hydrogen-bond acceptors (Lipinski definition) is 5. The molecule has 2 aliphatic rings. The van der Waals surface area contributed by atoms with Crippen LogP contribution >= 0.6 is 12.2 Å². The van der Waals surface area contributed by atoms with Crippen LogP contribution in [0.15, 0.2) is 0 Å². The SMILES string of the molecule is CCN1CCOC(c2nc(=S)c3c([nH]2)CCNC3)C1. The predicted octanol–water partition coefficient (Wildman–Crippen LogP) is 1.18. The highest BCUT2D eigenvalue weighted by atomic mass is 32.1. The molecule has 1 aromatic rings. The maximum absolute atomic E-state index is 5.84. The van der Waals surface area contributed by atoms with Crippen LogP contribution in [0.3, 0.4) is 0 Å². The minimum absolute atomic E-state index is 0.0237. The first kappa shape index (κ1) is 13.2. The molecule has 0 saturated carbocycles. The fraction of sp³-hybridized carbons (Fsp3) is 0.692. The molecular weight excluding hydrogens is 260 g/mol. The van der Waals surface area contributed by atoms with Crippen molar-refractivity contribution in [1.29, 1.82) is 0 Å². The maximum atomic E-state index is 5.84. The Bertz CT molecular complexity index is 516. The van der Waals surface area contributed by atoms with E-state index >= 15 is 0 Å². The van der Waals surface area contributed by atoms with Crippen LogP contribution in [0.25, 0.3) is 0 Å². The van der Waals surface area contributed by atoms with E-state index in [9.17, 15) is 0 Å². The summed E-state index contributed by atoms with van der Waals surface area (Å²) in [5.41, 5.74) is 2.37. The molecule has 0 radical (unpaired) electrons. The van der Waals surface area contributed by atoms with Gasteiger partial charge in [-0.15, -0.1) is 0 Å². The second-order valence-electron chi connectivity index (χ2n) is 5.06. The Morgan fingerprint density at radius 2 is 2.42 bits per heavy atom. The molecule has 0 spiro atoms. The standard InChI is InChI=1S/C13H20N4OS/c1-2-17-5-6-18-11(8-17)12-15-10-3-4-14-7-9(10)13(19)16-12/h11,14H,2-8H2,1H3,(H,15,16,19). The zero-order valence-corrected chi connectivity index (χ0v) is 12.1. The lowest BCUT2D eigenvalue weighted by Gasteiger charge is -2.32. The number of H-pyrrole nitrogens is 1. The number of ether oxygens (including phenoxy) is 1. The first-order valence-electron chi connectivity index (χ1n) is 6.94. The number of fused-ring (bicyclic) bond motifs is 1. The molecule has 2 aliphatic heterocycles. The second kappa shape index (κ2) is 5.66. The highest BCUT2D eigenvalue weighted by Gasteiger charge is 2.24. The average Bonchev–Trinajstić information content (AvgIpc) is 2.47. The van der Waals surface area contributed by atoms with E-state index in [2.05, 4.69) is 27.1 Å². The van der Waals surface area contributed by atoms with E-state index < -0.39 is 0 Å². The average molecular weight is 280 g/mol. The fourth-order valence-corrected chi connectivity index (χ4v) is 2.99. The van der Waals surface area contributed by atoms with Crippen LogP contribution in [0.4, 0.5) is 0 Å². The minimum Gasteiger partial charge on any atom is -0.368 e. The number of aromatic amines is 1. The number of hydrogen-bond donors (Lipinski definition) is 2. The Kier molecular flexibility index (Phi) is 3.93. The van der Waals surface area contributed by atoms with Gasteiger partial charge in [-0.3, -0.25) is 4.90 Å². The first-order valence-corrected chi connectivity index (χ1v) is 7.35. The number of nitrogens with zero attached hydrogens (tertiary/aromatic N) is 2. The Balaban J connectivity index is 1.88. The molecule has 0 bridgehead atoms. The molecule has 1 atom stereocenters. The normalized spacial score (nSPS) is 24.2. The third-order valence-electron chi connectivity index (χ3n) is 3.88. The summed E-state index contributed by atoms with van der Waals surface area (Å²) in [5.74, 6) is 0.892. The lowest BCUT2D eigenvalue weighted by molar-refractivity contribution is -0.0327. The number of morpholine rings is 1. The van der Waals surface area contributed by atoms with Gasteiger partial charge in [-0.1, -0.05) is 19.1 Å². The van der Waals surface area contributed by atoms with E-state index in [4.69, 9.17) is 17.0 Å². The first-order chi connectivity index (χ1) is 9.28. The Labute approximate surface area is 118 Å². The van der Waals surface area contributed by atoms with Gasteiger partial charge in [0.25, 0.3) is 0 Å². The zero-order valence-electron chi connectivity index (χ0n) is 11.2. The molecule has 2 N–H and O–H groups in total. The summed E-state index contributed by atoms with van der Waals surface area (Å²) < 4.78 is 6.56. The number of likely N-dealkylation sites (N-methyl/N-ethyl adjacent to an activating group) is 1. The third kappa shape index (κ3) is 2.72. The molecule has 19 heavy (non-hydrogen) atoms. The van der Waals surface area contributed by atoms with Crippen molar-refractivity contribution < 1.29 is 4.74 Å². The molecule has 1 aromatic heterocycles. The quantitative estimate of drug-likeness (QED) is 0.797. The molecular formula is C13H20N4OS. The van der Waals surface area contributed by atoms with Gasteiger partial charge in [0.2, 0.25) is 0 Å². The monoisotopic (exact) mass is 280 g/mol. The van der Waals surface area contributed by atoms with Crippen LogP contribution in [0.5, 0.6) is 0 Å². The molecule has 0 amide bonds. The van der Waals surface area contributed by atoms with Crippen molar-refractivity contribution in [3.05, 3.63) is 21.7 Å². The highest BCUT2D eigenvalue weighted by Crippen LogP contribution is 2.21. The topological polar surface area (TPSA) is 53.2 Å². The summed E-state index contributed by atoms with van der Waals surface area (Å²) in [6.45, 7) is 7.71. The van der Waals surface area contributed by atoms with Crippen LogP contribution in [-0.2, 0) is 17.7 Å². The summed E-state index contributed by atoms with van der Waals surface area (Å²) in [4.78, 5) is 10.4. The van der Waals surface area contributed by atoms with Gasteiger partial charge in [0.15, 0.2) is 0 Å². The lowest BCUT2D eigenvalue weighted by atomic mass is 10.1. The van der Waals surface area contributed by atoms with Crippen LogP contribution in [0, 0.1) is 4.64 Å². The molecule has 3 heterocycles. The molecule has 0 aromatic carbocycles. The van der Waals surface area contributed by atoms with E-state index in [0.717, 1.165) is 57.1 Å². The van der Waals surface area contributed by atoms with Gasteiger partial charge in [0.1, 0.15) is 16.6 Å². The van der Waals surface area contributed by atoms with Crippen LogP contribution in [-0.4, -0.2) is 47.7 Å². The largest absolute Gasteiger partial charge is 0.368 e. The van der Waals surface area contributed by atoms with Gasteiger partial charge < -0.3 is 15.0 Å². The predicted molar refractivity (Wildman–Crippen MR) is 75.6 cm³/mol. The fourth-order valence-electron chi connectivity index (χ4n) is 2.69. The van der Waals surface area contributed by atoms with E-state index in [0.29, 0.717) is 4.64 Å². The molecule has 104 valence electrons. The minimum atomic E-state index is 0.0237. The third-order valence-corrected chi connectivity index (χ3v) is 4.22. The summed E-state index contributed by atoms with van der Waals surface area (Å²) in [5, 5.41) is 3.33. The molecule has 6 heteroatoms. The van der Waals surface area contributed by atoms with Gasteiger partial charge in [0, 0.05) is 43.9 Å². The molecule has 0 aliphatic carbocycles. The van der Waals surface area contributed by atoms with Crippen molar-refractivity contribution in [3.63, 3.8) is 0 Å². The summed E-state index contributed by atoms with van der Waals surface area (Å²) in [6.07, 6.45) is 1.01. The number of aromatic nitrogens is 2. The summed E-state index contributed by atoms with van der Waals surface area (Å²) in [7, 11) is 0. The van der Waals surface area contributed by atoms with Gasteiger partial charge in [-0.25, -0.2) is 4.98 Å². The van der Waals surface area contributed by atoms with Crippen molar-refractivity contribution in [2.24, 2.45) is 0 Å². The molecule has 5 nitrogen and oxygen atoms in total. The molecule has 1 fully saturated rings. The molecule has 1 unspecified atom stereocenters. The van der Waals surface area contributed by atoms with Crippen LogP contribution < -0.4 is 5.32 Å². The van der Waals surface area contributed by atoms with E-state index in [1.165, 1.54) is 5.69 Å². The van der Waals surface area contributed by atoms with Crippen molar-refractivity contribution in [2.45, 2.75) is 26.0 Å². The maximum Gasteiger partial charge on any atom is 0.138 e. The Morgan fingerprint density at radius 3 is 3.26 bits per heavy atom. The second-order valence-corrected chi connectivity index (χ2v) is 5.45. The zero-order chi connectivity index (χ0) is 13.2. The van der Waals surface area contributed by atoms with Gasteiger partial charge in [-0.05, 0) is 6.54 Å². The smallest absolute Gasteiger partial charge is 0.138 e. The van der Waals surface area contributed by atoms with E-state index in [1.54, 1.807) is 0 Å². The van der Waals surface area contributed by atoms with Crippen molar-refractivity contribution >= 4 is 12.2 Å². The Morgan fingerprint density at radius 1 is 1.53 bits per heavy atom. The van der Waals surface area contributed by atoms with Crippen LogP contribution in [0.2, 0.25) is 0 Å². The molecule has 1 saturated heterocycles. The number of nitrogens with one attached hydrogen (secondary N) is 2. The summed E-state index contributed by atoms with van der Waals surface area (Å²) >= 11 is 5.41. The Hall–Kier alpha value is -0.820. The van der Waals surface area contributed by atoms with E-state index in [1.807, 2.05) is 0 Å². The number of rotatable bonds is 2. The molecule has 3 rings (SSSR count). The lowest BCUT2D eigenvalue weighted by Crippen LogP contribution is -2.39. The van der Waals surface area contributed by atoms with Crippen molar-refractivity contribution in [1.82, 2.24) is 20.2 Å². The van der Waals surface area contributed by atoms with Crippen molar-refractivity contribution in [2.75, 3.05) is 32.8 Å². The van der Waals surface area contributed by atoms with Gasteiger partial charge in [-0.2, -0.15) is 0 Å². The van der Waals surface area contributed by atoms with Crippen molar-refractivity contribution in [3.8, 4) is 0 Å². The summed E-state index contributed by atoms with van der Waals surface area (Å²) in [6, 6.07) is 0. The highest BCUT2D eigenvalue weighted by molar-refractivity contribution is 7.71.